The van der Waals surface area contributed by atoms with Gasteiger partial charge in [-0.3, -0.25) is 14.5 Å². The van der Waals surface area contributed by atoms with Crippen LogP contribution in [-0.4, -0.2) is 76.4 Å². The molecule has 9 nitrogen and oxygen atoms in total. The molecule has 0 atom stereocenters. The largest absolute Gasteiger partial charge is 0.364 e. The number of rotatable bonds is 6. The first-order valence-corrected chi connectivity index (χ1v) is 8.51. The fraction of sp³-hybridized carbons (Fsp3) is 0.412. The van der Waals surface area contributed by atoms with Gasteiger partial charge < -0.3 is 16.0 Å². The molecule has 1 aromatic carbocycles. The Morgan fingerprint density at radius 3 is 2.50 bits per heavy atom. The van der Waals surface area contributed by atoms with E-state index >= 15 is 0 Å². The van der Waals surface area contributed by atoms with Crippen LogP contribution in [0.5, 0.6) is 0 Å². The highest BCUT2D eigenvalue weighted by Gasteiger charge is 2.22. The first-order chi connectivity index (χ1) is 12.5. The second-order valence-electron chi connectivity index (χ2n) is 6.42. The smallest absolute Gasteiger partial charge is 0.273 e. The van der Waals surface area contributed by atoms with Crippen molar-refractivity contribution in [3.05, 3.63) is 41.6 Å². The minimum absolute atomic E-state index is 0.0346. The molecule has 0 unspecified atom stereocenters. The summed E-state index contributed by atoms with van der Waals surface area (Å²) in [7, 11) is 2.06. The SMILES string of the molecule is CN1CCN(CC(=O)Nc2c(C(N)=O)nnn2Cc2ccccc2)CC1. The summed E-state index contributed by atoms with van der Waals surface area (Å²) in [5.41, 5.74) is 6.31. The molecule has 1 aliphatic heterocycles. The lowest BCUT2D eigenvalue weighted by Gasteiger charge is -2.31. The van der Waals surface area contributed by atoms with Crippen LogP contribution in [-0.2, 0) is 11.3 Å². The van der Waals surface area contributed by atoms with E-state index in [1.165, 1.54) is 4.68 Å². The Labute approximate surface area is 151 Å². The van der Waals surface area contributed by atoms with Gasteiger partial charge >= 0.3 is 0 Å². The summed E-state index contributed by atoms with van der Waals surface area (Å²) in [5, 5.41) is 10.6. The molecule has 1 aliphatic rings. The number of nitrogens with zero attached hydrogens (tertiary/aromatic N) is 5. The van der Waals surface area contributed by atoms with Crippen molar-refractivity contribution < 1.29 is 9.59 Å². The van der Waals surface area contributed by atoms with E-state index in [9.17, 15) is 9.59 Å². The van der Waals surface area contributed by atoms with Gasteiger partial charge in [0, 0.05) is 26.2 Å². The van der Waals surface area contributed by atoms with E-state index in [1.54, 1.807) is 0 Å². The van der Waals surface area contributed by atoms with E-state index in [0.717, 1.165) is 31.7 Å². The average Bonchev–Trinajstić information content (AvgIpc) is 3.00. The van der Waals surface area contributed by atoms with Crippen LogP contribution in [0.25, 0.3) is 0 Å². The molecule has 1 fully saturated rings. The first kappa shape index (κ1) is 18.0. The molecule has 1 aromatic heterocycles. The normalized spacial score (nSPS) is 15.7. The van der Waals surface area contributed by atoms with Crippen molar-refractivity contribution in [2.24, 2.45) is 5.73 Å². The van der Waals surface area contributed by atoms with Crippen LogP contribution in [0.3, 0.4) is 0 Å². The predicted molar refractivity (Wildman–Crippen MR) is 96.7 cm³/mol. The Balaban J connectivity index is 1.71. The molecule has 26 heavy (non-hydrogen) atoms. The van der Waals surface area contributed by atoms with Crippen LogP contribution in [0.1, 0.15) is 16.1 Å². The maximum Gasteiger partial charge on any atom is 0.273 e. The number of nitrogens with two attached hydrogens (primary N) is 1. The van der Waals surface area contributed by atoms with E-state index in [0.29, 0.717) is 6.54 Å². The minimum Gasteiger partial charge on any atom is -0.364 e. The number of likely N-dealkylation sites (N-methyl/N-ethyl adjacent to an activating group) is 1. The van der Waals surface area contributed by atoms with Crippen LogP contribution < -0.4 is 11.1 Å². The van der Waals surface area contributed by atoms with Crippen LogP contribution in [0, 0.1) is 0 Å². The van der Waals surface area contributed by atoms with Crippen LogP contribution >= 0.6 is 0 Å². The van der Waals surface area contributed by atoms with E-state index in [2.05, 4.69) is 32.5 Å². The van der Waals surface area contributed by atoms with Crippen molar-refractivity contribution in [1.29, 1.82) is 0 Å². The van der Waals surface area contributed by atoms with Crippen LogP contribution in [0.4, 0.5) is 5.82 Å². The highest BCUT2D eigenvalue weighted by molar-refractivity contribution is 6.00. The zero-order valence-electron chi connectivity index (χ0n) is 14.8. The molecule has 2 heterocycles. The number of aromatic nitrogens is 3. The highest BCUT2D eigenvalue weighted by atomic mass is 16.2. The molecular formula is C17H23N7O2. The zero-order valence-corrected chi connectivity index (χ0v) is 14.8. The fourth-order valence-corrected chi connectivity index (χ4v) is 2.85. The monoisotopic (exact) mass is 357 g/mol. The number of hydrogen-bond donors (Lipinski definition) is 2. The van der Waals surface area contributed by atoms with Crippen molar-refractivity contribution in [3.8, 4) is 0 Å². The van der Waals surface area contributed by atoms with E-state index in [1.807, 2.05) is 30.3 Å². The molecular weight excluding hydrogens is 334 g/mol. The summed E-state index contributed by atoms with van der Waals surface area (Å²) in [6.07, 6.45) is 0. The first-order valence-electron chi connectivity index (χ1n) is 8.51. The third-order valence-corrected chi connectivity index (χ3v) is 4.36. The molecule has 3 rings (SSSR count). The zero-order chi connectivity index (χ0) is 18.5. The summed E-state index contributed by atoms with van der Waals surface area (Å²) in [4.78, 5) is 28.4. The van der Waals surface area contributed by atoms with Gasteiger partial charge in [-0.25, -0.2) is 4.68 Å². The van der Waals surface area contributed by atoms with E-state index in [4.69, 9.17) is 5.73 Å². The molecule has 2 aromatic rings. The number of hydrogen-bond acceptors (Lipinski definition) is 6. The Morgan fingerprint density at radius 2 is 1.85 bits per heavy atom. The van der Waals surface area contributed by atoms with Gasteiger partial charge in [0.1, 0.15) is 0 Å². The van der Waals surface area contributed by atoms with E-state index in [-0.39, 0.29) is 24.0 Å². The number of carbonyl (C=O) groups is 2. The Hall–Kier alpha value is -2.78. The molecule has 1 saturated heterocycles. The van der Waals surface area contributed by atoms with Crippen molar-refractivity contribution in [3.63, 3.8) is 0 Å². The van der Waals surface area contributed by atoms with Crippen molar-refractivity contribution >= 4 is 17.6 Å². The minimum atomic E-state index is -0.723. The summed E-state index contributed by atoms with van der Waals surface area (Å²) in [6.45, 7) is 4.14. The lowest BCUT2D eigenvalue weighted by atomic mass is 10.2. The van der Waals surface area contributed by atoms with Gasteiger partial charge in [-0.05, 0) is 12.6 Å². The number of piperazine rings is 1. The van der Waals surface area contributed by atoms with Gasteiger partial charge in [0.05, 0.1) is 13.1 Å². The molecule has 0 bridgehead atoms. The molecule has 9 heteroatoms. The van der Waals surface area contributed by atoms with Crippen LogP contribution in [0.15, 0.2) is 30.3 Å². The maximum absolute atomic E-state index is 12.5. The van der Waals surface area contributed by atoms with Gasteiger partial charge in [-0.1, -0.05) is 35.5 Å². The number of anilines is 1. The second kappa shape index (κ2) is 8.07. The molecule has 0 saturated carbocycles. The predicted octanol–water partition coefficient (Wildman–Crippen LogP) is -0.389. The van der Waals surface area contributed by atoms with Gasteiger partial charge in [-0.15, -0.1) is 5.10 Å². The number of amides is 2. The number of carbonyl (C=O) groups excluding carboxylic acids is 2. The van der Waals surface area contributed by atoms with Crippen molar-refractivity contribution in [1.82, 2.24) is 24.8 Å². The summed E-state index contributed by atoms with van der Waals surface area (Å²) in [6, 6.07) is 9.60. The standard InChI is InChI=1S/C17H23N7O2/c1-22-7-9-23(10-8-22)12-14(25)19-17-15(16(18)26)20-21-24(17)11-13-5-3-2-4-6-13/h2-6H,7-12H2,1H3,(H2,18,26)(H,19,25). The number of benzene rings is 1. The lowest BCUT2D eigenvalue weighted by Crippen LogP contribution is -2.47. The van der Waals surface area contributed by atoms with Crippen LogP contribution in [0.2, 0.25) is 0 Å². The Morgan fingerprint density at radius 1 is 1.15 bits per heavy atom. The third-order valence-electron chi connectivity index (χ3n) is 4.36. The molecule has 0 spiro atoms. The second-order valence-corrected chi connectivity index (χ2v) is 6.42. The van der Waals surface area contributed by atoms with Crippen molar-refractivity contribution in [2.45, 2.75) is 6.54 Å². The number of nitrogens with one attached hydrogen (secondary N) is 1. The summed E-state index contributed by atoms with van der Waals surface area (Å²) in [5.74, 6) is -0.701. The highest BCUT2D eigenvalue weighted by Crippen LogP contribution is 2.14. The van der Waals surface area contributed by atoms with Gasteiger partial charge in [-0.2, -0.15) is 0 Å². The third kappa shape index (κ3) is 4.44. The fourth-order valence-electron chi connectivity index (χ4n) is 2.85. The Bertz CT molecular complexity index is 767. The summed E-state index contributed by atoms with van der Waals surface area (Å²) >= 11 is 0. The molecule has 0 aliphatic carbocycles. The van der Waals surface area contributed by atoms with E-state index < -0.39 is 5.91 Å². The number of primary amides is 1. The Kier molecular flexibility index (Phi) is 5.59. The topological polar surface area (TPSA) is 109 Å². The average molecular weight is 357 g/mol. The summed E-state index contributed by atoms with van der Waals surface area (Å²) < 4.78 is 1.48. The van der Waals surface area contributed by atoms with Gasteiger partial charge in [0.15, 0.2) is 11.5 Å². The quantitative estimate of drug-likeness (QED) is 0.729. The molecule has 138 valence electrons. The lowest BCUT2D eigenvalue weighted by molar-refractivity contribution is -0.117. The molecule has 2 amide bonds. The maximum atomic E-state index is 12.5. The van der Waals surface area contributed by atoms with Gasteiger partial charge in [0.2, 0.25) is 5.91 Å². The van der Waals surface area contributed by atoms with Crippen molar-refractivity contribution in [2.75, 3.05) is 45.1 Å². The molecule has 0 radical (unpaired) electrons. The molecule has 3 N–H and O–H groups in total. The van der Waals surface area contributed by atoms with Gasteiger partial charge in [0.25, 0.3) is 5.91 Å².